The van der Waals surface area contributed by atoms with Crippen molar-refractivity contribution < 1.29 is 38.8 Å². The van der Waals surface area contributed by atoms with Gasteiger partial charge < -0.3 is 34.0 Å². The highest BCUT2D eigenvalue weighted by Crippen LogP contribution is 2.62. The van der Waals surface area contributed by atoms with Gasteiger partial charge in [0.15, 0.2) is 0 Å². The predicted molar refractivity (Wildman–Crippen MR) is 236 cm³/mol. The maximum atomic E-state index is 14.4. The number of carbonyl (C=O) groups is 1. The smallest absolute Gasteiger partial charge is 0.410 e. The van der Waals surface area contributed by atoms with Gasteiger partial charge in [-0.25, -0.2) is 4.79 Å². The second-order valence-electron chi connectivity index (χ2n) is 17.5. The lowest BCUT2D eigenvalue weighted by Gasteiger charge is -2.60. The first kappa shape index (κ1) is 44.9. The summed E-state index contributed by atoms with van der Waals surface area (Å²) >= 11 is 0. The lowest BCUT2D eigenvalue weighted by Crippen LogP contribution is -2.70. The van der Waals surface area contributed by atoms with Crippen molar-refractivity contribution in [1.82, 2.24) is 4.90 Å². The van der Waals surface area contributed by atoms with E-state index in [1.165, 1.54) is 0 Å². The normalized spacial score (nSPS) is 23.8. The van der Waals surface area contributed by atoms with Crippen molar-refractivity contribution in [3.8, 4) is 28.4 Å². The Morgan fingerprint density at radius 3 is 2.32 bits per heavy atom. The summed E-state index contributed by atoms with van der Waals surface area (Å²) in [7, 11) is 0. The number of nitrogens with zero attached hydrogens (tertiary/aromatic N) is 2. The van der Waals surface area contributed by atoms with Gasteiger partial charge >= 0.3 is 6.09 Å². The molecule has 3 aromatic carbocycles. The average Bonchev–Trinajstić information content (AvgIpc) is 3.25. The molecular formula is C50H66N2O8. The summed E-state index contributed by atoms with van der Waals surface area (Å²) in [6.07, 6.45) is 9.45. The molecule has 0 spiro atoms. The number of carbonyl (C=O) groups excluding carboxylic acids is 1. The second-order valence-corrected chi connectivity index (χ2v) is 17.5. The first-order chi connectivity index (χ1) is 29.1. The highest BCUT2D eigenvalue weighted by atomic mass is 16.7. The first-order valence-corrected chi connectivity index (χ1v) is 22.0. The number of allylic oxidation sites excluding steroid dienone is 1. The summed E-state index contributed by atoms with van der Waals surface area (Å²) in [6, 6.07) is 23.8. The topological polar surface area (TPSA) is 119 Å². The molecule has 1 heterocycles. The number of amides is 1. The molecule has 3 aliphatic rings. The minimum atomic E-state index is -1.35. The Bertz CT molecular complexity index is 1920. The summed E-state index contributed by atoms with van der Waals surface area (Å²) in [6.45, 7) is 15.6. The quantitative estimate of drug-likeness (QED) is 0.0657. The van der Waals surface area contributed by atoms with Gasteiger partial charge in [0.25, 0.3) is 0 Å². The Morgan fingerprint density at radius 2 is 1.65 bits per heavy atom. The first-order valence-electron chi connectivity index (χ1n) is 22.0. The third-order valence-electron chi connectivity index (χ3n) is 11.8. The highest BCUT2D eigenvalue weighted by molar-refractivity contribution is 6.03. The van der Waals surface area contributed by atoms with Gasteiger partial charge in [-0.3, -0.25) is 4.90 Å². The van der Waals surface area contributed by atoms with Crippen LogP contribution >= 0.6 is 0 Å². The maximum absolute atomic E-state index is 14.4. The largest absolute Gasteiger partial charge is 0.459 e. The van der Waals surface area contributed by atoms with Crippen LogP contribution in [0.15, 0.2) is 102 Å². The fraction of sp³-hybridized carbons (Fsp3) is 0.520. The van der Waals surface area contributed by atoms with Crippen LogP contribution in [0.25, 0.3) is 11.1 Å². The van der Waals surface area contributed by atoms with Crippen molar-refractivity contribution >= 4 is 11.8 Å². The third-order valence-corrected chi connectivity index (χ3v) is 11.8. The molecule has 0 unspecified atom stereocenters. The van der Waals surface area contributed by atoms with Crippen molar-refractivity contribution in [3.63, 3.8) is 0 Å². The number of hydrogen-bond acceptors (Lipinski definition) is 9. The van der Waals surface area contributed by atoms with E-state index >= 15 is 0 Å². The number of oxime groups is 1. The molecule has 6 rings (SSSR count). The molecule has 0 radical (unpaired) electrons. The number of aliphatic hydroxyl groups is 2. The van der Waals surface area contributed by atoms with E-state index in [0.29, 0.717) is 56.1 Å². The van der Waals surface area contributed by atoms with E-state index in [1.54, 1.807) is 11.0 Å². The molecular weight excluding hydrogens is 757 g/mol. The van der Waals surface area contributed by atoms with E-state index in [-0.39, 0.29) is 49.6 Å². The lowest BCUT2D eigenvalue weighted by molar-refractivity contribution is -0.255. The van der Waals surface area contributed by atoms with Gasteiger partial charge in [0, 0.05) is 37.7 Å². The number of fused-ring (bicyclic) bond motifs is 2. The van der Waals surface area contributed by atoms with Gasteiger partial charge in [-0.2, -0.15) is 0 Å². The van der Waals surface area contributed by atoms with Gasteiger partial charge in [0.05, 0.1) is 24.8 Å². The van der Waals surface area contributed by atoms with Gasteiger partial charge in [0.1, 0.15) is 29.9 Å². The number of benzene rings is 3. The zero-order valence-corrected chi connectivity index (χ0v) is 36.3. The molecule has 1 aliphatic heterocycles. The molecule has 0 aromatic heterocycles. The van der Waals surface area contributed by atoms with Crippen molar-refractivity contribution in [3.05, 3.63) is 103 Å². The van der Waals surface area contributed by atoms with E-state index in [1.807, 2.05) is 70.2 Å². The van der Waals surface area contributed by atoms with Gasteiger partial charge in [0.2, 0.25) is 5.79 Å². The Hall–Kier alpha value is -4.64. The molecule has 324 valence electrons. The summed E-state index contributed by atoms with van der Waals surface area (Å²) in [5, 5.41) is 24.6. The Morgan fingerprint density at radius 1 is 0.950 bits per heavy atom. The van der Waals surface area contributed by atoms with Crippen LogP contribution in [-0.4, -0.2) is 78.3 Å². The molecule has 6 atom stereocenters. The van der Waals surface area contributed by atoms with Crippen LogP contribution in [-0.2, 0) is 14.3 Å². The van der Waals surface area contributed by atoms with Crippen molar-refractivity contribution in [2.75, 3.05) is 39.6 Å². The zero-order valence-electron chi connectivity index (χ0n) is 36.3. The van der Waals surface area contributed by atoms with Crippen LogP contribution in [0.1, 0.15) is 97.5 Å². The average molecular weight is 823 g/mol. The minimum absolute atomic E-state index is 0.0957. The fourth-order valence-corrected chi connectivity index (χ4v) is 9.31. The molecule has 3 aromatic rings. The van der Waals surface area contributed by atoms with Crippen LogP contribution in [0.4, 0.5) is 4.79 Å². The van der Waals surface area contributed by atoms with Gasteiger partial charge in [-0.1, -0.05) is 100 Å². The Kier molecular flexibility index (Phi) is 15.5. The van der Waals surface area contributed by atoms with Crippen molar-refractivity contribution in [1.29, 1.82) is 0 Å². The van der Waals surface area contributed by atoms with E-state index in [9.17, 15) is 15.0 Å². The maximum Gasteiger partial charge on any atom is 0.410 e. The molecule has 1 saturated carbocycles. The van der Waals surface area contributed by atoms with E-state index in [4.69, 9.17) is 28.9 Å². The third kappa shape index (κ3) is 10.3. The number of aliphatic hydroxyl groups excluding tert-OH is 2. The molecule has 60 heavy (non-hydrogen) atoms. The van der Waals surface area contributed by atoms with E-state index < -0.39 is 23.8 Å². The molecule has 0 saturated heterocycles. The van der Waals surface area contributed by atoms with Gasteiger partial charge in [-0.15, -0.1) is 6.58 Å². The zero-order chi connectivity index (χ0) is 42.7. The van der Waals surface area contributed by atoms with Crippen LogP contribution in [0.2, 0.25) is 0 Å². The second kappa shape index (κ2) is 20.8. The molecule has 10 heteroatoms. The summed E-state index contributed by atoms with van der Waals surface area (Å²) in [4.78, 5) is 22.0. The molecule has 0 bridgehead atoms. The van der Waals surface area contributed by atoms with E-state index in [2.05, 4.69) is 49.9 Å². The van der Waals surface area contributed by atoms with E-state index in [0.717, 1.165) is 53.7 Å². The lowest BCUT2D eigenvalue weighted by atomic mass is 9.55. The number of unbranched alkanes of at least 4 members (excludes halogenated alkanes) is 2. The molecule has 1 fully saturated rings. The summed E-state index contributed by atoms with van der Waals surface area (Å²) in [5.41, 5.74) is 4.76. The van der Waals surface area contributed by atoms with Crippen molar-refractivity contribution in [2.45, 2.75) is 104 Å². The number of rotatable bonds is 20. The van der Waals surface area contributed by atoms with Gasteiger partial charge in [-0.05, 0) is 103 Å². The standard InChI is InChI=1S/C50H66N2O8/c1-7-27-52(48(55)56-34-49(4,5)6)45-33-43(51-58-9-3)41-31-37(19-13-15-28-53)40(20-14-16-29-54)46-42-32-39(25-26-44(42)60-50(45,47(41)46)57-30-8-2)59-38-23-21-36(22-24-38)35-17-11-10-12-18-35/h8,10-12,17-18,21-26,31-32,37,40,45-47,53-54H,2,7,9,13-16,19-20,27-30,33-34H2,1,3-6H3/t37-,40+,45-,46+,47+,50+/m0/s1. The summed E-state index contributed by atoms with van der Waals surface area (Å²) in [5.74, 6) is 0.364. The van der Waals surface area contributed by atoms with Crippen LogP contribution < -0.4 is 9.47 Å². The number of hydrogen-bond donors (Lipinski definition) is 2. The molecule has 2 aliphatic carbocycles. The molecule has 10 nitrogen and oxygen atoms in total. The Labute approximate surface area is 357 Å². The van der Waals surface area contributed by atoms with Crippen LogP contribution in [0.5, 0.6) is 17.2 Å². The molecule has 2 N–H and O–H groups in total. The van der Waals surface area contributed by atoms with Crippen LogP contribution in [0.3, 0.4) is 0 Å². The highest BCUT2D eigenvalue weighted by Gasteiger charge is 2.65. The number of ether oxygens (including phenoxy) is 4. The predicted octanol–water partition coefficient (Wildman–Crippen LogP) is 10.7. The van der Waals surface area contributed by atoms with Crippen molar-refractivity contribution in [2.24, 2.45) is 28.3 Å². The Balaban J connectivity index is 1.53. The minimum Gasteiger partial charge on any atom is -0.459 e. The molecule has 1 amide bonds. The summed E-state index contributed by atoms with van der Waals surface area (Å²) < 4.78 is 27.1. The monoisotopic (exact) mass is 822 g/mol. The van der Waals surface area contributed by atoms with Crippen LogP contribution in [0, 0.1) is 23.2 Å². The fourth-order valence-electron chi connectivity index (χ4n) is 9.31. The SMILES string of the molecule is C=CCO[C@@]12Oc3ccc(Oc4ccc(-c5ccccc5)cc4)cc3[C@H]3[C@H](CCCCO)[C@@H](CCCCO)C=C(C(=NOCC)C[C@@H]1N(CCC)C(=O)OCC(C)(C)C)[C@H]32.